The lowest BCUT2D eigenvalue weighted by Crippen LogP contribution is -2.44. The topological polar surface area (TPSA) is 45.2 Å². The maximum absolute atomic E-state index is 12.6. The second kappa shape index (κ2) is 8.50. The van der Waals surface area contributed by atoms with E-state index in [0.29, 0.717) is 21.8 Å². The van der Waals surface area contributed by atoms with Crippen LogP contribution in [0.3, 0.4) is 0 Å². The van der Waals surface area contributed by atoms with Crippen molar-refractivity contribution in [2.24, 2.45) is 0 Å². The normalized spacial score (nSPS) is 15.2. The zero-order valence-electron chi connectivity index (χ0n) is 13.1. The maximum atomic E-state index is 12.6. The fourth-order valence-corrected chi connectivity index (χ4v) is 3.76. The average molecular weight is 407 g/mol. The van der Waals surface area contributed by atoms with Gasteiger partial charge >= 0.3 is 0 Å². The van der Waals surface area contributed by atoms with E-state index < -0.39 is 0 Å². The predicted octanol–water partition coefficient (Wildman–Crippen LogP) is 4.36. The molecule has 8 heteroatoms. The maximum Gasteiger partial charge on any atom is 0.273 e. The smallest absolute Gasteiger partial charge is 0.273 e. The summed E-state index contributed by atoms with van der Waals surface area (Å²) in [7, 11) is 1.96. The lowest BCUT2D eigenvalue weighted by Gasteiger charge is -2.31. The number of thiazole rings is 1. The number of nitrogens with one attached hydrogen (secondary N) is 1. The monoisotopic (exact) mass is 405 g/mol. The quantitative estimate of drug-likeness (QED) is 0.823. The van der Waals surface area contributed by atoms with E-state index in [2.05, 4.69) is 10.3 Å². The molecule has 4 nitrogen and oxygen atoms in total. The first kappa shape index (κ1) is 19.5. The molecule has 0 unspecified atom stereocenters. The summed E-state index contributed by atoms with van der Waals surface area (Å²) in [6.07, 6.45) is 1.96. The van der Waals surface area contributed by atoms with Gasteiger partial charge in [-0.25, -0.2) is 4.98 Å². The molecular weight excluding hydrogens is 389 g/mol. The predicted molar refractivity (Wildman–Crippen MR) is 103 cm³/mol. The molecule has 3 rings (SSSR count). The van der Waals surface area contributed by atoms with Crippen LogP contribution in [0, 0.1) is 0 Å². The molecule has 2 heterocycles. The van der Waals surface area contributed by atoms with Gasteiger partial charge in [0.15, 0.2) is 0 Å². The Labute approximate surface area is 161 Å². The van der Waals surface area contributed by atoms with E-state index in [0.717, 1.165) is 36.5 Å². The highest BCUT2D eigenvalue weighted by Crippen LogP contribution is 2.30. The Balaban J connectivity index is 0.00000208. The molecule has 0 radical (unpaired) electrons. The van der Waals surface area contributed by atoms with Crippen LogP contribution in [0.1, 0.15) is 23.3 Å². The number of halogens is 3. The van der Waals surface area contributed by atoms with Crippen LogP contribution in [0.15, 0.2) is 23.6 Å². The molecule has 130 valence electrons. The molecule has 2 aromatic rings. The first-order valence-corrected chi connectivity index (χ1v) is 9.09. The number of rotatable bonds is 3. The number of piperidine rings is 1. The third-order valence-corrected chi connectivity index (χ3v) is 5.71. The summed E-state index contributed by atoms with van der Waals surface area (Å²) < 4.78 is 0. The largest absolute Gasteiger partial charge is 0.337 e. The Morgan fingerprint density at radius 3 is 2.62 bits per heavy atom. The van der Waals surface area contributed by atoms with Gasteiger partial charge in [0.2, 0.25) is 0 Å². The third kappa shape index (κ3) is 4.21. The second-order valence-corrected chi connectivity index (χ2v) is 7.19. The van der Waals surface area contributed by atoms with Crippen LogP contribution >= 0.6 is 46.9 Å². The summed E-state index contributed by atoms with van der Waals surface area (Å²) in [5.74, 6) is 0.00196. The minimum absolute atomic E-state index is 0. The molecule has 0 aliphatic carbocycles. The first-order valence-electron chi connectivity index (χ1n) is 7.46. The molecular formula is C16H18Cl3N3OS. The van der Waals surface area contributed by atoms with E-state index in [1.54, 1.807) is 12.1 Å². The zero-order chi connectivity index (χ0) is 16.4. The summed E-state index contributed by atoms with van der Waals surface area (Å²) in [6, 6.07) is 5.88. The molecule has 1 aliphatic rings. The fourth-order valence-electron chi connectivity index (χ4n) is 2.67. The SMILES string of the molecule is CNC1CCN(C(=O)c2csc(-c3ccc(Cl)c(Cl)c3)n2)CC1.Cl. The van der Waals surface area contributed by atoms with Gasteiger partial charge in [-0.05, 0) is 32.0 Å². The minimum atomic E-state index is 0. The van der Waals surface area contributed by atoms with Crippen molar-refractivity contribution < 1.29 is 4.79 Å². The van der Waals surface area contributed by atoms with Gasteiger partial charge in [-0.2, -0.15) is 0 Å². The van der Waals surface area contributed by atoms with Crippen LogP contribution in [0.2, 0.25) is 10.0 Å². The van der Waals surface area contributed by atoms with Crippen molar-refractivity contribution in [2.75, 3.05) is 20.1 Å². The van der Waals surface area contributed by atoms with Crippen LogP contribution in [-0.4, -0.2) is 42.0 Å². The third-order valence-electron chi connectivity index (χ3n) is 4.08. The number of hydrogen-bond donors (Lipinski definition) is 1. The van der Waals surface area contributed by atoms with Crippen LogP contribution in [0.25, 0.3) is 10.6 Å². The molecule has 1 aliphatic heterocycles. The molecule has 1 amide bonds. The van der Waals surface area contributed by atoms with Crippen molar-refractivity contribution in [1.82, 2.24) is 15.2 Å². The van der Waals surface area contributed by atoms with Gasteiger partial charge in [-0.3, -0.25) is 4.79 Å². The Morgan fingerprint density at radius 2 is 2.00 bits per heavy atom. The summed E-state index contributed by atoms with van der Waals surface area (Å²) in [4.78, 5) is 18.9. The lowest BCUT2D eigenvalue weighted by molar-refractivity contribution is 0.0702. The van der Waals surface area contributed by atoms with Gasteiger partial charge in [-0.1, -0.05) is 29.3 Å². The fraction of sp³-hybridized carbons (Fsp3) is 0.375. The van der Waals surface area contributed by atoms with Crippen LogP contribution in [0.4, 0.5) is 0 Å². The van der Waals surface area contributed by atoms with Gasteiger partial charge in [-0.15, -0.1) is 23.7 Å². The highest BCUT2D eigenvalue weighted by molar-refractivity contribution is 7.13. The number of carbonyl (C=O) groups is 1. The van der Waals surface area contributed by atoms with E-state index in [1.165, 1.54) is 11.3 Å². The molecule has 1 N–H and O–H groups in total. The van der Waals surface area contributed by atoms with E-state index in [1.807, 2.05) is 23.4 Å². The first-order chi connectivity index (χ1) is 11.1. The minimum Gasteiger partial charge on any atom is -0.337 e. The summed E-state index contributed by atoms with van der Waals surface area (Å²) in [6.45, 7) is 1.54. The molecule has 1 aromatic carbocycles. The van der Waals surface area contributed by atoms with Gasteiger partial charge in [0, 0.05) is 30.1 Å². The number of aromatic nitrogens is 1. The van der Waals surface area contributed by atoms with Crippen LogP contribution in [-0.2, 0) is 0 Å². The summed E-state index contributed by atoms with van der Waals surface area (Å²) >= 11 is 13.4. The summed E-state index contributed by atoms with van der Waals surface area (Å²) in [5.41, 5.74) is 1.37. The molecule has 0 atom stereocenters. The molecule has 0 bridgehead atoms. The molecule has 0 saturated carbocycles. The number of nitrogens with zero attached hydrogens (tertiary/aromatic N) is 2. The van der Waals surface area contributed by atoms with Crippen LogP contribution < -0.4 is 5.32 Å². The van der Waals surface area contributed by atoms with Gasteiger partial charge < -0.3 is 10.2 Å². The van der Waals surface area contributed by atoms with Gasteiger partial charge in [0.05, 0.1) is 10.0 Å². The molecule has 1 fully saturated rings. The Hall–Kier alpha value is -0.850. The summed E-state index contributed by atoms with van der Waals surface area (Å²) in [5, 5.41) is 6.85. The number of benzene rings is 1. The van der Waals surface area contributed by atoms with Crippen molar-refractivity contribution >= 4 is 52.9 Å². The Morgan fingerprint density at radius 1 is 1.29 bits per heavy atom. The highest BCUT2D eigenvalue weighted by Gasteiger charge is 2.24. The van der Waals surface area contributed by atoms with Crippen molar-refractivity contribution in [2.45, 2.75) is 18.9 Å². The Bertz CT molecular complexity index is 714. The van der Waals surface area contributed by atoms with Gasteiger partial charge in [0.25, 0.3) is 5.91 Å². The average Bonchev–Trinajstić information content (AvgIpc) is 3.07. The van der Waals surface area contributed by atoms with E-state index >= 15 is 0 Å². The molecule has 24 heavy (non-hydrogen) atoms. The molecule has 1 aromatic heterocycles. The van der Waals surface area contributed by atoms with Crippen molar-refractivity contribution in [3.63, 3.8) is 0 Å². The van der Waals surface area contributed by atoms with Crippen molar-refractivity contribution in [3.05, 3.63) is 39.3 Å². The Kier molecular flexibility index (Phi) is 6.89. The van der Waals surface area contributed by atoms with Crippen molar-refractivity contribution in [3.8, 4) is 10.6 Å². The van der Waals surface area contributed by atoms with Crippen LogP contribution in [0.5, 0.6) is 0 Å². The highest BCUT2D eigenvalue weighted by atomic mass is 35.5. The number of hydrogen-bond acceptors (Lipinski definition) is 4. The van der Waals surface area contributed by atoms with Crippen molar-refractivity contribution in [1.29, 1.82) is 0 Å². The van der Waals surface area contributed by atoms with E-state index in [9.17, 15) is 4.79 Å². The second-order valence-electron chi connectivity index (χ2n) is 5.52. The van der Waals surface area contributed by atoms with E-state index in [-0.39, 0.29) is 18.3 Å². The molecule has 1 saturated heterocycles. The zero-order valence-corrected chi connectivity index (χ0v) is 16.2. The lowest BCUT2D eigenvalue weighted by atomic mass is 10.1. The number of likely N-dealkylation sites (tertiary alicyclic amines) is 1. The number of carbonyl (C=O) groups excluding carboxylic acids is 1. The standard InChI is InChI=1S/C16H17Cl2N3OS.ClH/c1-19-11-4-6-21(7-5-11)16(22)14-9-23-15(20-14)10-2-3-12(17)13(18)8-10;/h2-3,8-9,11,19H,4-7H2,1H3;1H. The molecule has 0 spiro atoms. The van der Waals surface area contributed by atoms with E-state index in [4.69, 9.17) is 23.2 Å². The number of amides is 1. The van der Waals surface area contributed by atoms with Gasteiger partial charge in [0.1, 0.15) is 10.7 Å².